The molecule has 25 heavy (non-hydrogen) atoms. The van der Waals surface area contributed by atoms with Gasteiger partial charge in [-0.2, -0.15) is 0 Å². The highest BCUT2D eigenvalue weighted by Gasteiger charge is 2.12. The maximum atomic E-state index is 12.1. The van der Waals surface area contributed by atoms with Gasteiger partial charge in [0, 0.05) is 5.38 Å². The first-order chi connectivity index (χ1) is 12.0. The number of anilines is 1. The molecule has 130 valence electrons. The van der Waals surface area contributed by atoms with E-state index in [0.29, 0.717) is 28.1 Å². The molecule has 0 aliphatic carbocycles. The van der Waals surface area contributed by atoms with Gasteiger partial charge in [-0.3, -0.25) is 10.1 Å². The lowest BCUT2D eigenvalue weighted by Gasteiger charge is -2.10. The van der Waals surface area contributed by atoms with Gasteiger partial charge in [0.05, 0.1) is 7.11 Å². The molecule has 6 nitrogen and oxygen atoms in total. The third-order valence-corrected chi connectivity index (χ3v) is 4.18. The molecule has 0 bridgehead atoms. The summed E-state index contributed by atoms with van der Waals surface area (Å²) in [6, 6.07) is 9.25. The molecule has 0 aliphatic heterocycles. The van der Waals surface area contributed by atoms with Gasteiger partial charge in [-0.1, -0.05) is 6.07 Å². The summed E-state index contributed by atoms with van der Waals surface area (Å²) in [5.41, 5.74) is 1.74. The van der Waals surface area contributed by atoms with Crippen LogP contribution in [0.5, 0.6) is 11.5 Å². The lowest BCUT2D eigenvalue weighted by Crippen LogP contribution is -2.20. The molecule has 0 radical (unpaired) electrons. The van der Waals surface area contributed by atoms with Gasteiger partial charge in [0.2, 0.25) is 0 Å². The zero-order valence-electron chi connectivity index (χ0n) is 14.2. The van der Waals surface area contributed by atoms with Gasteiger partial charge in [-0.25, -0.2) is 4.98 Å². The lowest BCUT2D eigenvalue weighted by molar-refractivity contribution is -0.118. The zero-order valence-corrected chi connectivity index (χ0v) is 15.0. The second-order valence-electron chi connectivity index (χ2n) is 5.44. The van der Waals surface area contributed by atoms with Crippen molar-refractivity contribution in [3.63, 3.8) is 0 Å². The van der Waals surface area contributed by atoms with E-state index in [1.807, 2.05) is 43.5 Å². The summed E-state index contributed by atoms with van der Waals surface area (Å²) in [5, 5.41) is 5.04. The number of thiazole rings is 1. The third-order valence-electron chi connectivity index (χ3n) is 3.42. The number of furan rings is 1. The van der Waals surface area contributed by atoms with Crippen LogP contribution in [0.3, 0.4) is 0 Å². The quantitative estimate of drug-likeness (QED) is 0.720. The number of methoxy groups -OCH3 is 1. The second kappa shape index (κ2) is 7.40. The van der Waals surface area contributed by atoms with Gasteiger partial charge in [0.15, 0.2) is 29.0 Å². The van der Waals surface area contributed by atoms with E-state index in [9.17, 15) is 4.79 Å². The molecule has 0 spiro atoms. The van der Waals surface area contributed by atoms with Gasteiger partial charge in [-0.15, -0.1) is 11.3 Å². The van der Waals surface area contributed by atoms with Crippen molar-refractivity contribution in [2.24, 2.45) is 0 Å². The first kappa shape index (κ1) is 17.0. The molecule has 7 heteroatoms. The Bertz CT molecular complexity index is 885. The SMILES string of the molecule is COc1cc(C)ccc1OCC(=O)Nc1nc(-c2ccc(C)o2)cs1. The van der Waals surface area contributed by atoms with Gasteiger partial charge in [0.1, 0.15) is 11.5 Å². The fourth-order valence-electron chi connectivity index (χ4n) is 2.21. The Kier molecular flexibility index (Phi) is 5.04. The Morgan fingerprint density at radius 2 is 2.08 bits per heavy atom. The molecule has 0 aliphatic rings. The fourth-order valence-corrected chi connectivity index (χ4v) is 2.93. The highest BCUT2D eigenvalue weighted by atomic mass is 32.1. The number of hydrogen-bond acceptors (Lipinski definition) is 6. The van der Waals surface area contributed by atoms with Gasteiger partial charge in [-0.05, 0) is 43.7 Å². The maximum Gasteiger partial charge on any atom is 0.264 e. The number of rotatable bonds is 6. The molecule has 3 rings (SSSR count). The Hall–Kier alpha value is -2.80. The molecule has 1 amide bonds. The Morgan fingerprint density at radius 1 is 1.24 bits per heavy atom. The van der Waals surface area contributed by atoms with E-state index in [1.54, 1.807) is 13.2 Å². The van der Waals surface area contributed by atoms with E-state index in [2.05, 4.69) is 10.3 Å². The van der Waals surface area contributed by atoms with Crippen molar-refractivity contribution >= 4 is 22.4 Å². The van der Waals surface area contributed by atoms with E-state index in [4.69, 9.17) is 13.9 Å². The van der Waals surface area contributed by atoms with Crippen LogP contribution in [0.25, 0.3) is 11.5 Å². The zero-order chi connectivity index (χ0) is 17.8. The minimum atomic E-state index is -0.292. The lowest BCUT2D eigenvalue weighted by atomic mass is 10.2. The number of benzene rings is 1. The number of nitrogens with zero attached hydrogens (tertiary/aromatic N) is 1. The number of nitrogens with one attached hydrogen (secondary N) is 1. The van der Waals surface area contributed by atoms with Crippen molar-refractivity contribution in [1.29, 1.82) is 0 Å². The summed E-state index contributed by atoms with van der Waals surface area (Å²) in [5.74, 6) is 2.31. The van der Waals surface area contributed by atoms with Crippen LogP contribution in [-0.2, 0) is 4.79 Å². The van der Waals surface area contributed by atoms with Crippen LogP contribution < -0.4 is 14.8 Å². The van der Waals surface area contributed by atoms with E-state index >= 15 is 0 Å². The molecule has 0 atom stereocenters. The van der Waals surface area contributed by atoms with Gasteiger partial charge in [0.25, 0.3) is 5.91 Å². The smallest absolute Gasteiger partial charge is 0.264 e. The van der Waals surface area contributed by atoms with Crippen LogP contribution in [0.4, 0.5) is 5.13 Å². The van der Waals surface area contributed by atoms with Crippen LogP contribution in [0.2, 0.25) is 0 Å². The number of carbonyl (C=O) groups is 1. The largest absolute Gasteiger partial charge is 0.493 e. The minimum absolute atomic E-state index is 0.131. The summed E-state index contributed by atoms with van der Waals surface area (Å²) in [6.45, 7) is 3.70. The predicted molar refractivity (Wildman–Crippen MR) is 96.4 cm³/mol. The summed E-state index contributed by atoms with van der Waals surface area (Å²) in [7, 11) is 1.56. The van der Waals surface area contributed by atoms with E-state index < -0.39 is 0 Å². The first-order valence-electron chi connectivity index (χ1n) is 7.65. The maximum absolute atomic E-state index is 12.1. The second-order valence-corrected chi connectivity index (χ2v) is 6.30. The molecule has 0 fully saturated rings. The molecule has 0 saturated carbocycles. The van der Waals surface area contributed by atoms with Crippen LogP contribution in [0.15, 0.2) is 40.1 Å². The van der Waals surface area contributed by atoms with E-state index in [0.717, 1.165) is 11.3 Å². The Balaban J connectivity index is 1.59. The minimum Gasteiger partial charge on any atom is -0.493 e. The van der Waals surface area contributed by atoms with E-state index in [-0.39, 0.29) is 12.5 Å². The third kappa shape index (κ3) is 4.19. The summed E-state index contributed by atoms with van der Waals surface area (Å²) in [6.07, 6.45) is 0. The number of amides is 1. The normalized spacial score (nSPS) is 10.5. The highest BCUT2D eigenvalue weighted by molar-refractivity contribution is 7.14. The number of aryl methyl sites for hydroxylation is 2. The molecule has 2 aromatic heterocycles. The average Bonchev–Trinajstić information content (AvgIpc) is 3.22. The topological polar surface area (TPSA) is 73.6 Å². The standard InChI is InChI=1S/C18H18N2O4S/c1-11-4-6-15(16(8-11)22-3)23-9-17(21)20-18-19-13(10-25-18)14-7-5-12(2)24-14/h4-8,10H,9H2,1-3H3,(H,19,20,21). The molecular weight excluding hydrogens is 340 g/mol. The molecule has 3 aromatic rings. The number of hydrogen-bond donors (Lipinski definition) is 1. The molecule has 0 unspecified atom stereocenters. The van der Waals surface area contributed by atoms with Crippen molar-refractivity contribution in [3.05, 3.63) is 47.0 Å². The van der Waals surface area contributed by atoms with Crippen LogP contribution >= 0.6 is 11.3 Å². The number of carbonyl (C=O) groups excluding carboxylic acids is 1. The number of ether oxygens (including phenoxy) is 2. The van der Waals surface area contributed by atoms with E-state index in [1.165, 1.54) is 11.3 Å². The predicted octanol–water partition coefficient (Wildman–Crippen LogP) is 4.05. The van der Waals surface area contributed by atoms with Crippen molar-refractivity contribution in [1.82, 2.24) is 4.98 Å². The monoisotopic (exact) mass is 358 g/mol. The van der Waals surface area contributed by atoms with Crippen LogP contribution in [-0.4, -0.2) is 24.6 Å². The molecule has 2 heterocycles. The Labute approximate surface area is 149 Å². The van der Waals surface area contributed by atoms with Crippen LogP contribution in [0.1, 0.15) is 11.3 Å². The Morgan fingerprint density at radius 3 is 2.80 bits per heavy atom. The molecular formula is C18H18N2O4S. The van der Waals surface area contributed by atoms with Crippen LogP contribution in [0, 0.1) is 13.8 Å². The summed E-state index contributed by atoms with van der Waals surface area (Å²) in [4.78, 5) is 16.4. The van der Waals surface area contributed by atoms with Crippen molar-refractivity contribution in [2.75, 3.05) is 19.0 Å². The average molecular weight is 358 g/mol. The fraction of sp³-hybridized carbons (Fsp3) is 0.222. The summed E-state index contributed by atoms with van der Waals surface area (Å²) >= 11 is 1.33. The highest BCUT2D eigenvalue weighted by Crippen LogP contribution is 2.28. The van der Waals surface area contributed by atoms with Crippen molar-refractivity contribution < 1.29 is 18.7 Å². The van der Waals surface area contributed by atoms with Crippen molar-refractivity contribution in [3.8, 4) is 23.0 Å². The van der Waals surface area contributed by atoms with Crippen molar-refractivity contribution in [2.45, 2.75) is 13.8 Å². The molecule has 0 saturated heterocycles. The number of aromatic nitrogens is 1. The molecule has 1 aromatic carbocycles. The molecule has 1 N–H and O–H groups in total. The summed E-state index contributed by atoms with van der Waals surface area (Å²) < 4.78 is 16.3. The first-order valence-corrected chi connectivity index (χ1v) is 8.53. The van der Waals surface area contributed by atoms with Gasteiger partial charge < -0.3 is 13.9 Å². The van der Waals surface area contributed by atoms with Gasteiger partial charge >= 0.3 is 0 Å².